The molecule has 1 unspecified atom stereocenters. The molecule has 5 nitrogen and oxygen atoms in total. The van der Waals surface area contributed by atoms with Gasteiger partial charge in [0.15, 0.2) is 0 Å². The molecule has 5 heteroatoms. The summed E-state index contributed by atoms with van der Waals surface area (Å²) in [6, 6.07) is 14.5. The van der Waals surface area contributed by atoms with Gasteiger partial charge in [-0.15, -0.1) is 0 Å². The minimum atomic E-state index is -0.637. The lowest BCUT2D eigenvalue weighted by Crippen LogP contribution is -2.38. The van der Waals surface area contributed by atoms with Crippen LogP contribution in [0, 0.1) is 0 Å². The molecule has 0 saturated heterocycles. The highest BCUT2D eigenvalue weighted by atomic mass is 16.5. The average molecular weight is 335 g/mol. The summed E-state index contributed by atoms with van der Waals surface area (Å²) >= 11 is 0. The topological polar surface area (TPSA) is 59.8 Å². The van der Waals surface area contributed by atoms with Crippen LogP contribution in [-0.4, -0.2) is 19.1 Å². The van der Waals surface area contributed by atoms with E-state index in [1.807, 2.05) is 31.2 Å². The number of ether oxygens (including phenoxy) is 1. The summed E-state index contributed by atoms with van der Waals surface area (Å²) in [4.78, 5) is 27.1. The normalized spacial score (nSPS) is 16.1. The molecule has 25 heavy (non-hydrogen) atoms. The van der Waals surface area contributed by atoms with Crippen LogP contribution >= 0.6 is 0 Å². The van der Waals surface area contributed by atoms with E-state index in [4.69, 9.17) is 9.15 Å². The highest BCUT2D eigenvalue weighted by Gasteiger charge is 2.32. The van der Waals surface area contributed by atoms with Gasteiger partial charge in [0.1, 0.15) is 16.9 Å². The lowest BCUT2D eigenvalue weighted by molar-refractivity contribution is 0.0978. The number of amides is 1. The molecule has 0 bridgehead atoms. The fourth-order valence-corrected chi connectivity index (χ4v) is 3.37. The van der Waals surface area contributed by atoms with Gasteiger partial charge in [-0.3, -0.25) is 4.79 Å². The molecule has 1 aliphatic heterocycles. The molecule has 2 heterocycles. The largest absolute Gasteiger partial charge is 0.497 e. The third-order valence-corrected chi connectivity index (χ3v) is 4.60. The van der Waals surface area contributed by atoms with Crippen LogP contribution < -0.4 is 15.3 Å². The van der Waals surface area contributed by atoms with Crippen LogP contribution in [-0.2, 0) is 6.42 Å². The minimum Gasteiger partial charge on any atom is -0.497 e. The quantitative estimate of drug-likeness (QED) is 0.674. The van der Waals surface area contributed by atoms with E-state index >= 15 is 0 Å². The molecule has 0 fully saturated rings. The summed E-state index contributed by atoms with van der Waals surface area (Å²) < 4.78 is 10.5. The number of fused-ring (bicyclic) bond motifs is 2. The maximum atomic E-state index is 13.0. The first-order chi connectivity index (χ1) is 12.1. The highest BCUT2D eigenvalue weighted by Crippen LogP contribution is 2.33. The van der Waals surface area contributed by atoms with Crippen LogP contribution in [0.25, 0.3) is 11.0 Å². The van der Waals surface area contributed by atoms with Crippen molar-refractivity contribution >= 4 is 22.6 Å². The predicted octanol–water partition coefficient (Wildman–Crippen LogP) is 3.39. The van der Waals surface area contributed by atoms with Crippen molar-refractivity contribution in [3.8, 4) is 5.75 Å². The number of hydrogen-bond acceptors (Lipinski definition) is 4. The molecular formula is C20H17NO4. The molecule has 3 aromatic rings. The Morgan fingerprint density at radius 2 is 2.00 bits per heavy atom. The van der Waals surface area contributed by atoms with Gasteiger partial charge in [-0.1, -0.05) is 18.2 Å². The molecule has 1 aromatic heterocycles. The van der Waals surface area contributed by atoms with Crippen molar-refractivity contribution in [2.45, 2.75) is 19.4 Å². The van der Waals surface area contributed by atoms with Gasteiger partial charge in [-0.2, -0.15) is 0 Å². The molecule has 2 aromatic carbocycles. The number of hydrogen-bond donors (Lipinski definition) is 0. The Kier molecular flexibility index (Phi) is 3.57. The van der Waals surface area contributed by atoms with E-state index in [-0.39, 0.29) is 17.5 Å². The predicted molar refractivity (Wildman–Crippen MR) is 95.5 cm³/mol. The summed E-state index contributed by atoms with van der Waals surface area (Å²) in [5.41, 5.74) is 1.77. The summed E-state index contributed by atoms with van der Waals surface area (Å²) in [6.07, 6.45) is 0.776. The minimum absolute atomic E-state index is 0.00383. The number of rotatable bonds is 2. The maximum absolute atomic E-state index is 13.0. The van der Waals surface area contributed by atoms with E-state index in [0.29, 0.717) is 16.7 Å². The van der Waals surface area contributed by atoms with Crippen molar-refractivity contribution in [3.05, 3.63) is 70.1 Å². The van der Waals surface area contributed by atoms with Gasteiger partial charge in [-0.25, -0.2) is 4.79 Å². The van der Waals surface area contributed by atoms with Crippen molar-refractivity contribution in [2.24, 2.45) is 0 Å². The monoisotopic (exact) mass is 335 g/mol. The Morgan fingerprint density at radius 3 is 2.80 bits per heavy atom. The molecule has 0 N–H and O–H groups in total. The smallest absolute Gasteiger partial charge is 0.349 e. The molecule has 0 saturated carbocycles. The van der Waals surface area contributed by atoms with E-state index in [2.05, 4.69) is 0 Å². The Balaban J connectivity index is 1.80. The summed E-state index contributed by atoms with van der Waals surface area (Å²) in [6.45, 7) is 1.98. The van der Waals surface area contributed by atoms with Crippen LogP contribution in [0.5, 0.6) is 5.75 Å². The van der Waals surface area contributed by atoms with E-state index in [9.17, 15) is 9.59 Å². The zero-order valence-corrected chi connectivity index (χ0v) is 14.0. The van der Waals surface area contributed by atoms with Crippen molar-refractivity contribution in [1.82, 2.24) is 0 Å². The van der Waals surface area contributed by atoms with Gasteiger partial charge in [0.25, 0.3) is 5.91 Å². The SMILES string of the molecule is COc1ccc2cc(C(=O)N3c4ccccc4CC3C)c(=O)oc2c1. The summed E-state index contributed by atoms with van der Waals surface area (Å²) in [5, 5.41) is 0.684. The fourth-order valence-electron chi connectivity index (χ4n) is 3.37. The van der Waals surface area contributed by atoms with Crippen molar-refractivity contribution in [3.63, 3.8) is 0 Å². The number of para-hydroxylation sites is 1. The Hall–Kier alpha value is -3.08. The average Bonchev–Trinajstić information content (AvgIpc) is 2.95. The van der Waals surface area contributed by atoms with Crippen molar-refractivity contribution in [2.75, 3.05) is 12.0 Å². The molecular weight excluding hydrogens is 318 g/mol. The van der Waals surface area contributed by atoms with Crippen LogP contribution in [0.2, 0.25) is 0 Å². The van der Waals surface area contributed by atoms with Crippen LogP contribution in [0.3, 0.4) is 0 Å². The number of benzene rings is 2. The lowest BCUT2D eigenvalue weighted by atomic mass is 10.1. The first-order valence-corrected chi connectivity index (χ1v) is 8.12. The lowest BCUT2D eigenvalue weighted by Gasteiger charge is -2.22. The second kappa shape index (κ2) is 5.77. The molecule has 0 aliphatic carbocycles. The second-order valence-electron chi connectivity index (χ2n) is 6.21. The van der Waals surface area contributed by atoms with Gasteiger partial charge in [0, 0.05) is 23.2 Å². The molecule has 4 rings (SSSR count). The van der Waals surface area contributed by atoms with Gasteiger partial charge in [0.2, 0.25) is 0 Å². The molecule has 0 spiro atoms. The second-order valence-corrected chi connectivity index (χ2v) is 6.21. The third-order valence-electron chi connectivity index (χ3n) is 4.60. The van der Waals surface area contributed by atoms with Gasteiger partial charge in [-0.05, 0) is 43.2 Å². The van der Waals surface area contributed by atoms with Crippen LogP contribution in [0.15, 0.2) is 57.7 Å². The van der Waals surface area contributed by atoms with Crippen molar-refractivity contribution in [1.29, 1.82) is 0 Å². The van der Waals surface area contributed by atoms with Gasteiger partial charge < -0.3 is 14.1 Å². The Morgan fingerprint density at radius 1 is 1.20 bits per heavy atom. The van der Waals surface area contributed by atoms with E-state index in [1.54, 1.807) is 36.3 Å². The third kappa shape index (κ3) is 2.48. The molecule has 1 aliphatic rings. The number of anilines is 1. The van der Waals surface area contributed by atoms with Gasteiger partial charge >= 0.3 is 5.63 Å². The zero-order valence-electron chi connectivity index (χ0n) is 14.0. The first-order valence-electron chi connectivity index (χ1n) is 8.12. The Labute approximate surface area is 144 Å². The Bertz CT molecular complexity index is 1040. The van der Waals surface area contributed by atoms with Crippen LogP contribution in [0.1, 0.15) is 22.8 Å². The maximum Gasteiger partial charge on any atom is 0.349 e. The standard InChI is InChI=1S/C20H17NO4/c1-12-9-13-5-3-4-6-17(13)21(12)19(22)16-10-14-7-8-15(24-2)11-18(14)25-20(16)23/h3-8,10-12H,9H2,1-2H3. The van der Waals surface area contributed by atoms with E-state index in [1.165, 1.54) is 0 Å². The fraction of sp³-hybridized carbons (Fsp3) is 0.200. The number of carbonyl (C=O) groups is 1. The first kappa shape index (κ1) is 15.4. The van der Waals surface area contributed by atoms with E-state index in [0.717, 1.165) is 17.7 Å². The summed E-state index contributed by atoms with van der Waals surface area (Å²) in [5.74, 6) is 0.265. The zero-order chi connectivity index (χ0) is 17.6. The molecule has 126 valence electrons. The number of carbonyl (C=O) groups excluding carboxylic acids is 1. The number of nitrogens with zero attached hydrogens (tertiary/aromatic N) is 1. The highest BCUT2D eigenvalue weighted by molar-refractivity contribution is 6.08. The summed E-state index contributed by atoms with van der Waals surface area (Å²) in [7, 11) is 1.55. The molecule has 1 amide bonds. The van der Waals surface area contributed by atoms with Gasteiger partial charge in [0.05, 0.1) is 7.11 Å². The molecule has 1 atom stereocenters. The van der Waals surface area contributed by atoms with Crippen molar-refractivity contribution < 1.29 is 13.9 Å². The van der Waals surface area contributed by atoms with Crippen LogP contribution in [0.4, 0.5) is 5.69 Å². The molecule has 0 radical (unpaired) electrons. The number of methoxy groups -OCH3 is 1. The van der Waals surface area contributed by atoms with E-state index < -0.39 is 5.63 Å².